The van der Waals surface area contributed by atoms with E-state index in [0.717, 1.165) is 22.6 Å². The molecule has 0 fully saturated rings. The number of esters is 1. The summed E-state index contributed by atoms with van der Waals surface area (Å²) in [5, 5.41) is 0. The third-order valence-corrected chi connectivity index (χ3v) is 5.53. The van der Waals surface area contributed by atoms with E-state index in [2.05, 4.69) is 14.9 Å². The minimum Gasteiger partial charge on any atom is -0.493 e. The molecule has 0 spiro atoms. The molecule has 0 aliphatic rings. The summed E-state index contributed by atoms with van der Waals surface area (Å²) in [6.45, 7) is 3.11. The van der Waals surface area contributed by atoms with E-state index in [1.807, 2.05) is 72.9 Å². The second-order valence-electron chi connectivity index (χ2n) is 7.97. The van der Waals surface area contributed by atoms with Gasteiger partial charge in [-0.1, -0.05) is 18.2 Å². The molecule has 2 heterocycles. The molecule has 4 rings (SSSR count). The monoisotopic (exact) mass is 483 g/mol. The zero-order valence-electron chi connectivity index (χ0n) is 20.5. The van der Waals surface area contributed by atoms with Crippen molar-refractivity contribution in [3.63, 3.8) is 0 Å². The van der Waals surface area contributed by atoms with Crippen molar-refractivity contribution in [2.75, 3.05) is 25.2 Å². The molecule has 4 aromatic rings. The Morgan fingerprint density at radius 3 is 2.56 bits per heavy atom. The highest BCUT2D eigenvalue weighted by molar-refractivity contribution is 5.91. The first-order valence-corrected chi connectivity index (χ1v) is 11.8. The summed E-state index contributed by atoms with van der Waals surface area (Å²) >= 11 is 0. The van der Waals surface area contributed by atoms with Crippen molar-refractivity contribution in [1.29, 1.82) is 0 Å². The molecule has 0 N–H and O–H groups in total. The molecular weight excluding hydrogens is 454 g/mol. The predicted molar refractivity (Wildman–Crippen MR) is 139 cm³/mol. The number of nitrogens with zero attached hydrogens (tertiary/aromatic N) is 3. The number of anilines is 2. The Morgan fingerprint density at radius 2 is 1.81 bits per heavy atom. The molecule has 7 heteroatoms. The van der Waals surface area contributed by atoms with Crippen LogP contribution in [0.1, 0.15) is 28.5 Å². The lowest BCUT2D eigenvalue weighted by atomic mass is 10.1. The third kappa shape index (κ3) is 6.39. The normalized spacial score (nSPS) is 10.5. The van der Waals surface area contributed by atoms with Gasteiger partial charge in [0.1, 0.15) is 0 Å². The van der Waals surface area contributed by atoms with Gasteiger partial charge < -0.3 is 19.1 Å². The van der Waals surface area contributed by atoms with Crippen LogP contribution in [-0.2, 0) is 17.7 Å². The van der Waals surface area contributed by atoms with Gasteiger partial charge in [-0.2, -0.15) is 0 Å². The number of hydrogen-bond donors (Lipinski definition) is 0. The zero-order chi connectivity index (χ0) is 25.2. The van der Waals surface area contributed by atoms with Crippen molar-refractivity contribution in [1.82, 2.24) is 9.97 Å². The smallest absolute Gasteiger partial charge is 0.338 e. The molecule has 0 saturated carbocycles. The number of hydrogen-bond acceptors (Lipinski definition) is 7. The van der Waals surface area contributed by atoms with Gasteiger partial charge in [-0.3, -0.25) is 9.97 Å². The van der Waals surface area contributed by atoms with Gasteiger partial charge in [0.25, 0.3) is 0 Å². The minimum absolute atomic E-state index is 0.320. The lowest BCUT2D eigenvalue weighted by Crippen LogP contribution is -2.17. The van der Waals surface area contributed by atoms with Crippen LogP contribution in [0.25, 0.3) is 0 Å². The maximum absolute atomic E-state index is 12.4. The van der Waals surface area contributed by atoms with Crippen LogP contribution in [0.15, 0.2) is 91.4 Å². The topological polar surface area (TPSA) is 73.8 Å². The minimum atomic E-state index is -0.353. The number of pyridine rings is 2. The van der Waals surface area contributed by atoms with Crippen LogP contribution in [0.5, 0.6) is 11.5 Å². The molecule has 0 bridgehead atoms. The average Bonchev–Trinajstić information content (AvgIpc) is 2.93. The molecule has 0 aliphatic carbocycles. The van der Waals surface area contributed by atoms with Crippen LogP contribution in [-0.4, -0.2) is 36.3 Å². The van der Waals surface area contributed by atoms with Crippen LogP contribution in [0.2, 0.25) is 0 Å². The molecule has 0 saturated heterocycles. The first-order valence-electron chi connectivity index (χ1n) is 11.8. The van der Waals surface area contributed by atoms with E-state index in [0.29, 0.717) is 43.2 Å². The zero-order valence-corrected chi connectivity index (χ0v) is 20.5. The number of carbonyl (C=O) groups is 1. The number of benzene rings is 2. The molecule has 0 amide bonds. The van der Waals surface area contributed by atoms with Crippen molar-refractivity contribution >= 4 is 17.3 Å². The van der Waals surface area contributed by atoms with E-state index in [-0.39, 0.29) is 5.97 Å². The van der Waals surface area contributed by atoms with Gasteiger partial charge in [0.15, 0.2) is 11.5 Å². The largest absolute Gasteiger partial charge is 0.493 e. The average molecular weight is 484 g/mol. The van der Waals surface area contributed by atoms with Gasteiger partial charge in [0.05, 0.1) is 25.9 Å². The van der Waals surface area contributed by atoms with E-state index < -0.39 is 0 Å². The van der Waals surface area contributed by atoms with E-state index >= 15 is 0 Å². The molecule has 2 aromatic heterocycles. The molecule has 0 unspecified atom stereocenters. The second kappa shape index (κ2) is 12.4. The molecule has 0 radical (unpaired) electrons. The quantitative estimate of drug-likeness (QED) is 0.256. The van der Waals surface area contributed by atoms with Gasteiger partial charge in [-0.25, -0.2) is 4.79 Å². The molecule has 36 heavy (non-hydrogen) atoms. The van der Waals surface area contributed by atoms with Crippen LogP contribution in [0, 0.1) is 0 Å². The Morgan fingerprint density at radius 1 is 0.917 bits per heavy atom. The third-order valence-electron chi connectivity index (χ3n) is 5.53. The highest BCUT2D eigenvalue weighted by Gasteiger charge is 2.16. The lowest BCUT2D eigenvalue weighted by molar-refractivity contribution is 0.0526. The number of carbonyl (C=O) groups excluding carboxylic acids is 1. The Balaban J connectivity index is 1.65. The van der Waals surface area contributed by atoms with Gasteiger partial charge in [0, 0.05) is 54.7 Å². The van der Waals surface area contributed by atoms with Crippen LogP contribution in [0.3, 0.4) is 0 Å². The Hall–Kier alpha value is -4.39. The van der Waals surface area contributed by atoms with Gasteiger partial charge in [-0.15, -0.1) is 0 Å². The first kappa shape index (κ1) is 24.7. The summed E-state index contributed by atoms with van der Waals surface area (Å²) in [4.78, 5) is 23.1. The van der Waals surface area contributed by atoms with Crippen molar-refractivity contribution in [3.8, 4) is 11.5 Å². The summed E-state index contributed by atoms with van der Waals surface area (Å²) in [7, 11) is 1.62. The summed E-state index contributed by atoms with van der Waals surface area (Å²) < 4.78 is 16.9. The number of rotatable bonds is 11. The molecule has 0 atom stereocenters. The number of ether oxygens (including phenoxy) is 3. The molecular formula is C29H29N3O4. The Kier molecular flexibility index (Phi) is 8.48. The Bertz CT molecular complexity index is 1270. The molecule has 7 nitrogen and oxygen atoms in total. The highest BCUT2D eigenvalue weighted by atomic mass is 16.5. The summed E-state index contributed by atoms with van der Waals surface area (Å²) in [5.74, 6) is 0.916. The van der Waals surface area contributed by atoms with Crippen molar-refractivity contribution in [3.05, 3.63) is 108 Å². The first-order chi connectivity index (χ1) is 17.7. The maximum atomic E-state index is 12.4. The van der Waals surface area contributed by atoms with E-state index in [1.165, 1.54) is 0 Å². The fourth-order valence-electron chi connectivity index (χ4n) is 3.78. The molecule has 2 aromatic carbocycles. The highest BCUT2D eigenvalue weighted by Crippen LogP contribution is 2.36. The second-order valence-corrected chi connectivity index (χ2v) is 7.97. The maximum Gasteiger partial charge on any atom is 0.338 e. The van der Waals surface area contributed by atoms with Crippen LogP contribution in [0.4, 0.5) is 11.4 Å². The molecule has 184 valence electrons. The summed E-state index contributed by atoms with van der Waals surface area (Å²) in [5.41, 5.74) is 4.20. The van der Waals surface area contributed by atoms with Gasteiger partial charge in [-0.05, 0) is 61.0 Å². The molecule has 0 aliphatic heterocycles. The summed E-state index contributed by atoms with van der Waals surface area (Å²) in [6, 6.07) is 23.0. The van der Waals surface area contributed by atoms with Crippen molar-refractivity contribution in [2.45, 2.75) is 19.9 Å². The van der Waals surface area contributed by atoms with Crippen LogP contribution < -0.4 is 14.4 Å². The summed E-state index contributed by atoms with van der Waals surface area (Å²) in [6.07, 6.45) is 6.03. The van der Waals surface area contributed by atoms with Gasteiger partial charge >= 0.3 is 5.97 Å². The number of aromatic nitrogens is 2. The SMILES string of the molecule is CCOC(=O)c1cccc(N(Cc2cccnc2)c2ccc(OC)c(OCCc3ccccn3)c2)c1. The lowest BCUT2D eigenvalue weighted by Gasteiger charge is -2.26. The predicted octanol–water partition coefficient (Wildman–Crippen LogP) is 5.62. The Labute approximate surface area is 211 Å². The fourth-order valence-corrected chi connectivity index (χ4v) is 3.78. The van der Waals surface area contributed by atoms with E-state index in [4.69, 9.17) is 14.2 Å². The standard InChI is InChI=1S/C29H29N3O4/c1-3-35-29(33)23-9-6-11-25(18-23)32(21-22-8-7-15-30-20-22)26-12-13-27(34-2)28(19-26)36-17-14-24-10-4-5-16-31-24/h4-13,15-16,18-20H,3,14,17,21H2,1-2H3. The van der Waals surface area contributed by atoms with Crippen molar-refractivity contribution < 1.29 is 19.0 Å². The number of methoxy groups -OCH3 is 1. The van der Waals surface area contributed by atoms with E-state index in [1.54, 1.807) is 32.5 Å². The van der Waals surface area contributed by atoms with Crippen molar-refractivity contribution in [2.24, 2.45) is 0 Å². The van der Waals surface area contributed by atoms with Gasteiger partial charge in [0.2, 0.25) is 0 Å². The van der Waals surface area contributed by atoms with Crippen LogP contribution >= 0.6 is 0 Å². The fraction of sp³-hybridized carbons (Fsp3) is 0.207. The van der Waals surface area contributed by atoms with E-state index in [9.17, 15) is 4.79 Å².